The Morgan fingerprint density at radius 3 is 2.32 bits per heavy atom. The normalized spacial score (nSPS) is 9.95. The Morgan fingerprint density at radius 2 is 1.68 bits per heavy atom. The molecular weight excluding hydrogens is 348 g/mol. The van der Waals surface area contributed by atoms with Crippen molar-refractivity contribution in [2.75, 3.05) is 5.32 Å². The highest BCUT2D eigenvalue weighted by molar-refractivity contribution is 7.80. The maximum atomic E-state index is 12.8. The maximum Gasteiger partial charge on any atom is 0.269 e. The van der Waals surface area contributed by atoms with E-state index in [1.165, 1.54) is 24.3 Å². The van der Waals surface area contributed by atoms with Crippen LogP contribution in [0.3, 0.4) is 0 Å². The van der Waals surface area contributed by atoms with Gasteiger partial charge in [-0.3, -0.25) is 15.6 Å². The molecule has 2 rings (SSSR count). The highest BCUT2D eigenvalue weighted by Gasteiger charge is 2.06. The molecule has 2 aromatic rings. The molecule has 3 N–H and O–H groups in total. The molecule has 0 heterocycles. The lowest BCUT2D eigenvalue weighted by molar-refractivity contribution is 0.0944. The summed E-state index contributed by atoms with van der Waals surface area (Å²) in [6.07, 6.45) is 0. The van der Waals surface area contributed by atoms with Gasteiger partial charge < -0.3 is 5.32 Å². The molecule has 0 aliphatic rings. The first kappa shape index (κ1) is 16.5. The van der Waals surface area contributed by atoms with Gasteiger partial charge in [-0.2, -0.15) is 0 Å². The predicted molar refractivity (Wildman–Crippen MR) is 89.7 cm³/mol. The van der Waals surface area contributed by atoms with E-state index in [-0.39, 0.29) is 5.11 Å². The summed E-state index contributed by atoms with van der Waals surface area (Å²) in [6.45, 7) is 0. The molecule has 0 aromatic heterocycles. The summed E-state index contributed by atoms with van der Waals surface area (Å²) < 4.78 is 12.8. The number of amides is 1. The van der Waals surface area contributed by atoms with Crippen molar-refractivity contribution in [2.45, 2.75) is 0 Å². The average molecular weight is 358 g/mol. The molecule has 0 bridgehead atoms. The van der Waals surface area contributed by atoms with Crippen LogP contribution in [0, 0.1) is 5.82 Å². The van der Waals surface area contributed by atoms with Gasteiger partial charge in [0.15, 0.2) is 5.11 Å². The number of nitrogens with one attached hydrogen (secondary N) is 3. The second-order valence-corrected chi connectivity index (χ2v) is 5.39. The first-order chi connectivity index (χ1) is 10.5. The van der Waals surface area contributed by atoms with E-state index in [2.05, 4.69) is 16.2 Å². The first-order valence-electron chi connectivity index (χ1n) is 6.03. The Balaban J connectivity index is 1.88. The lowest BCUT2D eigenvalue weighted by Crippen LogP contribution is -2.43. The van der Waals surface area contributed by atoms with E-state index in [9.17, 15) is 9.18 Å². The third-order valence-electron chi connectivity index (χ3n) is 2.57. The molecule has 8 heteroatoms. The van der Waals surface area contributed by atoms with Gasteiger partial charge in [-0.05, 0) is 54.7 Å². The molecule has 0 spiro atoms. The van der Waals surface area contributed by atoms with E-state index >= 15 is 0 Å². The van der Waals surface area contributed by atoms with Crippen molar-refractivity contribution < 1.29 is 9.18 Å². The minimum Gasteiger partial charge on any atom is -0.331 e. The van der Waals surface area contributed by atoms with Crippen molar-refractivity contribution in [3.8, 4) is 0 Å². The van der Waals surface area contributed by atoms with Crippen molar-refractivity contribution in [1.82, 2.24) is 10.9 Å². The van der Waals surface area contributed by atoms with Crippen LogP contribution in [0.25, 0.3) is 0 Å². The quantitative estimate of drug-likeness (QED) is 0.565. The number of carbonyl (C=O) groups is 1. The summed E-state index contributed by atoms with van der Waals surface area (Å²) in [5.41, 5.74) is 5.83. The topological polar surface area (TPSA) is 53.2 Å². The number of anilines is 1. The fraction of sp³-hybridized carbons (Fsp3) is 0. The van der Waals surface area contributed by atoms with Crippen LogP contribution in [-0.4, -0.2) is 11.0 Å². The molecule has 1 amide bonds. The minimum atomic E-state index is -0.446. The number of hydrogen-bond acceptors (Lipinski definition) is 2. The van der Waals surface area contributed by atoms with E-state index in [0.717, 1.165) is 0 Å². The van der Waals surface area contributed by atoms with Crippen LogP contribution in [0.2, 0.25) is 10.0 Å². The fourth-order valence-electron chi connectivity index (χ4n) is 1.52. The second-order valence-electron chi connectivity index (χ2n) is 4.17. The van der Waals surface area contributed by atoms with Crippen molar-refractivity contribution in [1.29, 1.82) is 0 Å². The van der Waals surface area contributed by atoms with Gasteiger partial charge in [0.1, 0.15) is 5.82 Å². The standard InChI is InChI=1S/C14H10Cl2FN3OS/c15-11-6-5-10(7-12(11)16)18-14(22)20-19-13(21)8-1-3-9(17)4-2-8/h1-7H,(H,19,21)(H2,18,20,22). The predicted octanol–water partition coefficient (Wildman–Crippen LogP) is 3.76. The molecule has 22 heavy (non-hydrogen) atoms. The summed E-state index contributed by atoms with van der Waals surface area (Å²) in [7, 11) is 0. The number of benzene rings is 2. The molecule has 0 atom stereocenters. The van der Waals surface area contributed by atoms with E-state index in [1.807, 2.05) is 0 Å². The number of halogens is 3. The summed E-state index contributed by atoms with van der Waals surface area (Å²) in [5.74, 6) is -0.861. The van der Waals surface area contributed by atoms with Gasteiger partial charge in [0.05, 0.1) is 10.0 Å². The third-order valence-corrected chi connectivity index (χ3v) is 3.52. The molecular formula is C14H10Cl2FN3OS. The number of hydrazine groups is 1. The molecule has 4 nitrogen and oxygen atoms in total. The Morgan fingerprint density at radius 1 is 1.00 bits per heavy atom. The molecule has 0 fully saturated rings. The van der Waals surface area contributed by atoms with Crippen LogP contribution in [0.1, 0.15) is 10.4 Å². The zero-order valence-electron chi connectivity index (χ0n) is 11.0. The second kappa shape index (κ2) is 7.40. The van der Waals surface area contributed by atoms with Crippen LogP contribution in [0.15, 0.2) is 42.5 Å². The van der Waals surface area contributed by atoms with E-state index < -0.39 is 11.7 Å². The molecule has 2 aromatic carbocycles. The lowest BCUT2D eigenvalue weighted by Gasteiger charge is -2.12. The van der Waals surface area contributed by atoms with Crippen LogP contribution < -0.4 is 16.2 Å². The zero-order valence-corrected chi connectivity index (χ0v) is 13.3. The van der Waals surface area contributed by atoms with Gasteiger partial charge in [0, 0.05) is 11.3 Å². The minimum absolute atomic E-state index is 0.161. The van der Waals surface area contributed by atoms with Gasteiger partial charge in [-0.1, -0.05) is 23.2 Å². The van der Waals surface area contributed by atoms with Crippen molar-refractivity contribution in [2.24, 2.45) is 0 Å². The monoisotopic (exact) mass is 357 g/mol. The van der Waals surface area contributed by atoms with Crippen LogP contribution in [0.5, 0.6) is 0 Å². The maximum absolute atomic E-state index is 12.8. The van der Waals surface area contributed by atoms with Gasteiger partial charge in [-0.25, -0.2) is 4.39 Å². The van der Waals surface area contributed by atoms with Gasteiger partial charge in [0.2, 0.25) is 0 Å². The number of hydrogen-bond donors (Lipinski definition) is 3. The largest absolute Gasteiger partial charge is 0.331 e. The van der Waals surface area contributed by atoms with Gasteiger partial charge >= 0.3 is 0 Å². The van der Waals surface area contributed by atoms with E-state index in [4.69, 9.17) is 35.4 Å². The SMILES string of the molecule is O=C(NNC(=S)Nc1ccc(Cl)c(Cl)c1)c1ccc(F)cc1. The van der Waals surface area contributed by atoms with E-state index in [0.29, 0.717) is 21.3 Å². The van der Waals surface area contributed by atoms with Crippen LogP contribution >= 0.6 is 35.4 Å². The number of thiocarbonyl (C=S) groups is 1. The molecule has 0 saturated heterocycles. The van der Waals surface area contributed by atoms with Crippen molar-refractivity contribution >= 4 is 52.1 Å². The van der Waals surface area contributed by atoms with Gasteiger partial charge in [0.25, 0.3) is 5.91 Å². The Labute approximate surface area is 141 Å². The summed E-state index contributed by atoms with van der Waals surface area (Å²) in [6, 6.07) is 10.0. The van der Waals surface area contributed by atoms with Crippen molar-refractivity contribution in [3.05, 3.63) is 63.9 Å². The fourth-order valence-corrected chi connectivity index (χ4v) is 1.99. The summed E-state index contributed by atoms with van der Waals surface area (Å²) >= 11 is 16.7. The molecule has 0 aliphatic carbocycles. The Kier molecular flexibility index (Phi) is 5.54. The summed E-state index contributed by atoms with van der Waals surface area (Å²) in [4.78, 5) is 11.8. The number of carbonyl (C=O) groups excluding carboxylic acids is 1. The molecule has 0 radical (unpaired) electrons. The smallest absolute Gasteiger partial charge is 0.269 e. The highest BCUT2D eigenvalue weighted by Crippen LogP contribution is 2.24. The Hall–Kier alpha value is -1.89. The third kappa shape index (κ3) is 4.56. The Bertz CT molecular complexity index is 710. The highest BCUT2D eigenvalue weighted by atomic mass is 35.5. The molecule has 0 saturated carbocycles. The van der Waals surface area contributed by atoms with Crippen LogP contribution in [0.4, 0.5) is 10.1 Å². The molecule has 0 unspecified atom stereocenters. The summed E-state index contributed by atoms with van der Waals surface area (Å²) in [5, 5.41) is 3.80. The van der Waals surface area contributed by atoms with Gasteiger partial charge in [-0.15, -0.1) is 0 Å². The van der Waals surface area contributed by atoms with Crippen LogP contribution in [-0.2, 0) is 0 Å². The number of rotatable bonds is 2. The molecule has 0 aliphatic heterocycles. The van der Waals surface area contributed by atoms with E-state index in [1.54, 1.807) is 18.2 Å². The van der Waals surface area contributed by atoms with Crippen molar-refractivity contribution in [3.63, 3.8) is 0 Å². The average Bonchev–Trinajstić information content (AvgIpc) is 2.49. The zero-order chi connectivity index (χ0) is 16.1. The lowest BCUT2D eigenvalue weighted by atomic mass is 10.2. The first-order valence-corrected chi connectivity index (χ1v) is 7.20. The molecule has 114 valence electrons.